The zero-order valence-electron chi connectivity index (χ0n) is 12.9. The highest BCUT2D eigenvalue weighted by Crippen LogP contribution is 2.20. The van der Waals surface area contributed by atoms with E-state index in [1.807, 2.05) is 37.3 Å². The largest absolute Gasteiger partial charge is 0.375 e. The smallest absolute Gasteiger partial charge is 0.251 e. The van der Waals surface area contributed by atoms with Crippen LogP contribution in [0.15, 0.2) is 42.5 Å². The predicted molar refractivity (Wildman–Crippen MR) is 90.7 cm³/mol. The number of nitrogens with one attached hydrogen (secondary N) is 1. The van der Waals surface area contributed by atoms with Crippen LogP contribution in [0.1, 0.15) is 27.6 Å². The van der Waals surface area contributed by atoms with Crippen LogP contribution in [0.25, 0.3) is 11.0 Å². The van der Waals surface area contributed by atoms with Crippen LogP contribution in [0.4, 0.5) is 0 Å². The molecule has 1 aromatic heterocycles. The predicted octanol–water partition coefficient (Wildman–Crippen LogP) is 3.12. The van der Waals surface area contributed by atoms with Crippen LogP contribution in [0.5, 0.6) is 0 Å². The number of carbonyl (C=O) groups is 1. The van der Waals surface area contributed by atoms with E-state index >= 15 is 0 Å². The second-order valence-corrected chi connectivity index (χ2v) is 5.79. The Morgan fingerprint density at radius 2 is 2.00 bits per heavy atom. The first-order chi connectivity index (χ1) is 11.2. The number of hydrogen-bond donors (Lipinski definition) is 1. The molecule has 3 rings (SSSR count). The number of fused-ring (bicyclic) bond motifs is 1. The molecule has 0 unspecified atom stereocenters. The molecule has 0 aliphatic carbocycles. The van der Waals surface area contributed by atoms with Gasteiger partial charge < -0.3 is 10.1 Å². The lowest BCUT2D eigenvalue weighted by Crippen LogP contribution is -2.29. The number of aryl methyl sites for hydroxylation is 1. The van der Waals surface area contributed by atoms with E-state index in [2.05, 4.69) is 14.1 Å². The number of hydrogen-bond acceptors (Lipinski definition) is 5. The molecule has 0 spiro atoms. The standard InChI is InChI=1S/C17H17N3O2S/c1-11-5-3-4-6-13(11)16(22-2)10-18-17(21)12-7-8-14-15(9-12)20-23-19-14/h3-9,16H,10H2,1-2H3,(H,18,21)/t16-/m1/s1. The first kappa shape index (κ1) is 15.6. The normalized spacial score (nSPS) is 12.3. The highest BCUT2D eigenvalue weighted by Gasteiger charge is 2.15. The van der Waals surface area contributed by atoms with Crippen molar-refractivity contribution in [3.05, 3.63) is 59.2 Å². The lowest BCUT2D eigenvalue weighted by atomic mass is 10.0. The van der Waals surface area contributed by atoms with E-state index in [1.165, 1.54) is 0 Å². The highest BCUT2D eigenvalue weighted by atomic mass is 32.1. The molecule has 5 nitrogen and oxygen atoms in total. The van der Waals surface area contributed by atoms with Gasteiger partial charge in [-0.15, -0.1) is 0 Å². The zero-order chi connectivity index (χ0) is 16.2. The number of nitrogens with zero attached hydrogens (tertiary/aromatic N) is 2. The summed E-state index contributed by atoms with van der Waals surface area (Å²) in [7, 11) is 1.65. The van der Waals surface area contributed by atoms with Gasteiger partial charge in [0.05, 0.1) is 17.8 Å². The van der Waals surface area contributed by atoms with Gasteiger partial charge >= 0.3 is 0 Å². The summed E-state index contributed by atoms with van der Waals surface area (Å²) in [6, 6.07) is 13.3. The van der Waals surface area contributed by atoms with Crippen LogP contribution < -0.4 is 5.32 Å². The Balaban J connectivity index is 1.71. The Kier molecular flexibility index (Phi) is 4.64. The van der Waals surface area contributed by atoms with E-state index in [-0.39, 0.29) is 12.0 Å². The first-order valence-electron chi connectivity index (χ1n) is 7.28. The van der Waals surface area contributed by atoms with Crippen molar-refractivity contribution in [2.45, 2.75) is 13.0 Å². The number of rotatable bonds is 5. The van der Waals surface area contributed by atoms with Crippen molar-refractivity contribution in [3.8, 4) is 0 Å². The quantitative estimate of drug-likeness (QED) is 0.782. The van der Waals surface area contributed by atoms with Gasteiger partial charge in [-0.1, -0.05) is 24.3 Å². The van der Waals surface area contributed by atoms with Gasteiger partial charge in [-0.05, 0) is 36.2 Å². The van der Waals surface area contributed by atoms with Crippen LogP contribution in [0.3, 0.4) is 0 Å². The molecule has 6 heteroatoms. The van der Waals surface area contributed by atoms with Crippen LogP contribution >= 0.6 is 11.7 Å². The van der Waals surface area contributed by atoms with Gasteiger partial charge in [-0.2, -0.15) is 8.75 Å². The number of amides is 1. The summed E-state index contributed by atoms with van der Waals surface area (Å²) in [6.45, 7) is 2.44. The summed E-state index contributed by atoms with van der Waals surface area (Å²) in [6.07, 6.45) is -0.176. The Labute approximate surface area is 138 Å². The molecule has 23 heavy (non-hydrogen) atoms. The molecule has 2 aromatic carbocycles. The Hall–Kier alpha value is -2.31. The van der Waals surface area contributed by atoms with Crippen molar-refractivity contribution >= 4 is 28.7 Å². The highest BCUT2D eigenvalue weighted by molar-refractivity contribution is 7.00. The van der Waals surface area contributed by atoms with Gasteiger partial charge in [0.25, 0.3) is 5.91 Å². The third-order valence-corrected chi connectivity index (χ3v) is 4.34. The number of methoxy groups -OCH3 is 1. The molecule has 118 valence electrons. The number of ether oxygens (including phenoxy) is 1. The van der Waals surface area contributed by atoms with Gasteiger partial charge in [0.15, 0.2) is 0 Å². The fourth-order valence-electron chi connectivity index (χ4n) is 2.48. The summed E-state index contributed by atoms with van der Waals surface area (Å²) in [5.41, 5.74) is 4.34. The first-order valence-corrected chi connectivity index (χ1v) is 8.01. The Bertz CT molecular complexity index is 831. The molecular formula is C17H17N3O2S. The third kappa shape index (κ3) is 3.38. The van der Waals surface area contributed by atoms with Crippen molar-refractivity contribution < 1.29 is 9.53 Å². The van der Waals surface area contributed by atoms with E-state index in [9.17, 15) is 4.79 Å². The van der Waals surface area contributed by atoms with Crippen molar-refractivity contribution in [2.75, 3.05) is 13.7 Å². The zero-order valence-corrected chi connectivity index (χ0v) is 13.8. The summed E-state index contributed by atoms with van der Waals surface area (Å²) in [4.78, 5) is 12.3. The van der Waals surface area contributed by atoms with Gasteiger partial charge in [-0.3, -0.25) is 4.79 Å². The van der Waals surface area contributed by atoms with Crippen molar-refractivity contribution in [1.82, 2.24) is 14.1 Å². The van der Waals surface area contributed by atoms with Crippen LogP contribution in [-0.2, 0) is 4.74 Å². The number of carbonyl (C=O) groups excluding carboxylic acids is 1. The molecular weight excluding hydrogens is 310 g/mol. The minimum Gasteiger partial charge on any atom is -0.375 e. The molecule has 0 aliphatic heterocycles. The summed E-state index contributed by atoms with van der Waals surface area (Å²) in [5, 5.41) is 2.92. The third-order valence-electron chi connectivity index (χ3n) is 3.78. The maximum atomic E-state index is 12.3. The van der Waals surface area contributed by atoms with Gasteiger partial charge in [0.2, 0.25) is 0 Å². The Morgan fingerprint density at radius 3 is 2.78 bits per heavy atom. The maximum Gasteiger partial charge on any atom is 0.251 e. The second-order valence-electron chi connectivity index (χ2n) is 5.26. The average molecular weight is 327 g/mol. The van der Waals surface area contributed by atoms with Crippen molar-refractivity contribution in [1.29, 1.82) is 0 Å². The minimum absolute atomic E-state index is 0.143. The molecule has 1 atom stereocenters. The van der Waals surface area contributed by atoms with Crippen LogP contribution in [0, 0.1) is 6.92 Å². The van der Waals surface area contributed by atoms with E-state index in [0.717, 1.165) is 33.9 Å². The molecule has 0 saturated carbocycles. The van der Waals surface area contributed by atoms with Crippen molar-refractivity contribution in [2.24, 2.45) is 0 Å². The van der Waals surface area contributed by atoms with E-state index < -0.39 is 0 Å². The fourth-order valence-corrected chi connectivity index (χ4v) is 3.00. The van der Waals surface area contributed by atoms with Gasteiger partial charge in [0.1, 0.15) is 11.0 Å². The summed E-state index contributed by atoms with van der Waals surface area (Å²) >= 11 is 1.14. The van der Waals surface area contributed by atoms with Gasteiger partial charge in [0, 0.05) is 19.2 Å². The molecule has 1 amide bonds. The molecule has 0 saturated heterocycles. The SMILES string of the molecule is CO[C@H](CNC(=O)c1ccc2nsnc2c1)c1ccccc1C. The number of benzene rings is 2. The monoisotopic (exact) mass is 327 g/mol. The van der Waals surface area contributed by atoms with Gasteiger partial charge in [-0.25, -0.2) is 0 Å². The lowest BCUT2D eigenvalue weighted by molar-refractivity contribution is 0.0826. The molecule has 1 N–H and O–H groups in total. The summed E-state index contributed by atoms with van der Waals surface area (Å²) in [5.74, 6) is -0.143. The van der Waals surface area contributed by atoms with Crippen LogP contribution in [-0.4, -0.2) is 28.3 Å². The summed E-state index contributed by atoms with van der Waals surface area (Å²) < 4.78 is 13.8. The van der Waals surface area contributed by atoms with Crippen molar-refractivity contribution in [3.63, 3.8) is 0 Å². The van der Waals surface area contributed by atoms with E-state index in [4.69, 9.17) is 4.74 Å². The second kappa shape index (κ2) is 6.85. The molecule has 1 heterocycles. The van der Waals surface area contributed by atoms with E-state index in [0.29, 0.717) is 12.1 Å². The molecule has 0 fully saturated rings. The Morgan fingerprint density at radius 1 is 1.22 bits per heavy atom. The molecule has 0 bridgehead atoms. The molecule has 3 aromatic rings. The topological polar surface area (TPSA) is 64.1 Å². The molecule has 0 aliphatic rings. The van der Waals surface area contributed by atoms with Crippen LogP contribution in [0.2, 0.25) is 0 Å². The lowest BCUT2D eigenvalue weighted by Gasteiger charge is -2.18. The maximum absolute atomic E-state index is 12.3. The minimum atomic E-state index is -0.176. The van der Waals surface area contributed by atoms with E-state index in [1.54, 1.807) is 19.2 Å². The number of aromatic nitrogens is 2. The fraction of sp³-hybridized carbons (Fsp3) is 0.235. The average Bonchev–Trinajstić information content (AvgIpc) is 3.04. The molecule has 0 radical (unpaired) electrons.